The number of rotatable bonds is 2. The Hall–Kier alpha value is -1.61. The monoisotopic (exact) mass is 255 g/mol. The fourth-order valence-corrected chi connectivity index (χ4v) is 3.21. The molecule has 1 fully saturated rings. The van der Waals surface area contributed by atoms with E-state index in [2.05, 4.69) is 35.9 Å². The number of fused-ring (bicyclic) bond motifs is 1. The van der Waals surface area contributed by atoms with Crippen LogP contribution in [0, 0.1) is 5.92 Å². The molecule has 1 aliphatic rings. The third-order valence-electron chi connectivity index (χ3n) is 4.17. The molecule has 2 heterocycles. The highest BCUT2D eigenvalue weighted by molar-refractivity contribution is 5.92. The molecule has 3 nitrogen and oxygen atoms in total. The summed E-state index contributed by atoms with van der Waals surface area (Å²) in [6.07, 6.45) is 3.14. The first-order valence-electron chi connectivity index (χ1n) is 7.01. The minimum absolute atomic E-state index is 0.659. The van der Waals surface area contributed by atoms with Crippen molar-refractivity contribution in [1.29, 1.82) is 0 Å². The summed E-state index contributed by atoms with van der Waals surface area (Å²) in [6, 6.07) is 8.79. The van der Waals surface area contributed by atoms with Gasteiger partial charge in [0.15, 0.2) is 0 Å². The number of hydrogen-bond acceptors (Lipinski definition) is 3. The van der Waals surface area contributed by atoms with Crippen molar-refractivity contribution >= 4 is 16.6 Å². The molecule has 100 valence electrons. The number of likely N-dealkylation sites (tertiary alicyclic amines) is 1. The molecule has 3 rings (SSSR count). The fourth-order valence-electron chi connectivity index (χ4n) is 3.21. The first-order chi connectivity index (χ1) is 9.15. The Balaban J connectivity index is 1.95. The van der Waals surface area contributed by atoms with E-state index in [0.717, 1.165) is 29.1 Å². The van der Waals surface area contributed by atoms with Gasteiger partial charge in [-0.15, -0.1) is 0 Å². The highest BCUT2D eigenvalue weighted by atomic mass is 15.2. The third-order valence-corrected chi connectivity index (χ3v) is 4.17. The second-order valence-corrected chi connectivity index (χ2v) is 5.83. The van der Waals surface area contributed by atoms with Gasteiger partial charge in [0, 0.05) is 36.4 Å². The SMILES string of the molecule is CC1CC(C)N(Cc2ccc(N)c3cccnc23)C1. The Bertz CT molecular complexity index is 594. The maximum Gasteiger partial charge on any atom is 0.0767 e. The summed E-state index contributed by atoms with van der Waals surface area (Å²) >= 11 is 0. The molecule has 19 heavy (non-hydrogen) atoms. The number of nitrogens with zero attached hydrogens (tertiary/aromatic N) is 2. The number of pyridine rings is 1. The van der Waals surface area contributed by atoms with Crippen LogP contribution in [0.25, 0.3) is 10.9 Å². The van der Waals surface area contributed by atoms with E-state index in [1.807, 2.05) is 18.3 Å². The van der Waals surface area contributed by atoms with Crippen LogP contribution in [-0.4, -0.2) is 22.5 Å². The number of anilines is 1. The van der Waals surface area contributed by atoms with Crippen molar-refractivity contribution in [2.45, 2.75) is 32.9 Å². The van der Waals surface area contributed by atoms with E-state index in [1.54, 1.807) is 0 Å². The van der Waals surface area contributed by atoms with Gasteiger partial charge in [-0.05, 0) is 43.0 Å². The van der Waals surface area contributed by atoms with E-state index < -0.39 is 0 Å². The lowest BCUT2D eigenvalue weighted by molar-refractivity contribution is 0.257. The predicted octanol–water partition coefficient (Wildman–Crippen LogP) is 3.05. The zero-order chi connectivity index (χ0) is 13.4. The van der Waals surface area contributed by atoms with Crippen LogP contribution in [0.3, 0.4) is 0 Å². The van der Waals surface area contributed by atoms with Crippen molar-refractivity contribution in [2.24, 2.45) is 5.92 Å². The van der Waals surface area contributed by atoms with Gasteiger partial charge in [-0.3, -0.25) is 9.88 Å². The molecule has 1 aromatic heterocycles. The lowest BCUT2D eigenvalue weighted by Crippen LogP contribution is -2.26. The van der Waals surface area contributed by atoms with Crippen molar-refractivity contribution in [1.82, 2.24) is 9.88 Å². The minimum atomic E-state index is 0.659. The smallest absolute Gasteiger partial charge is 0.0767 e. The van der Waals surface area contributed by atoms with Gasteiger partial charge >= 0.3 is 0 Å². The lowest BCUT2D eigenvalue weighted by atomic mass is 10.1. The van der Waals surface area contributed by atoms with Crippen molar-refractivity contribution in [2.75, 3.05) is 12.3 Å². The maximum absolute atomic E-state index is 6.03. The van der Waals surface area contributed by atoms with Gasteiger partial charge in [0.25, 0.3) is 0 Å². The van der Waals surface area contributed by atoms with E-state index in [9.17, 15) is 0 Å². The Morgan fingerprint density at radius 2 is 2.16 bits per heavy atom. The van der Waals surface area contributed by atoms with Crippen LogP contribution in [-0.2, 0) is 6.54 Å². The lowest BCUT2D eigenvalue weighted by Gasteiger charge is -2.21. The zero-order valence-electron chi connectivity index (χ0n) is 11.6. The number of aromatic nitrogens is 1. The Morgan fingerprint density at radius 3 is 2.89 bits per heavy atom. The summed E-state index contributed by atoms with van der Waals surface area (Å²) in [4.78, 5) is 7.07. The largest absolute Gasteiger partial charge is 0.398 e. The third kappa shape index (κ3) is 2.30. The quantitative estimate of drug-likeness (QED) is 0.839. The van der Waals surface area contributed by atoms with E-state index in [0.29, 0.717) is 6.04 Å². The topological polar surface area (TPSA) is 42.1 Å². The Morgan fingerprint density at radius 1 is 1.32 bits per heavy atom. The molecule has 0 radical (unpaired) electrons. The first kappa shape index (κ1) is 12.4. The summed E-state index contributed by atoms with van der Waals surface area (Å²) in [6.45, 7) is 6.80. The first-order valence-corrected chi connectivity index (χ1v) is 7.01. The normalized spacial score (nSPS) is 24.1. The van der Waals surface area contributed by atoms with E-state index in [1.165, 1.54) is 18.5 Å². The van der Waals surface area contributed by atoms with Crippen LogP contribution in [0.2, 0.25) is 0 Å². The molecule has 0 bridgehead atoms. The molecular formula is C16H21N3. The van der Waals surface area contributed by atoms with Gasteiger partial charge in [0.05, 0.1) is 5.52 Å². The molecule has 3 heteroatoms. The van der Waals surface area contributed by atoms with Crippen LogP contribution >= 0.6 is 0 Å². The van der Waals surface area contributed by atoms with Crippen LogP contribution in [0.4, 0.5) is 5.69 Å². The second kappa shape index (κ2) is 4.82. The molecule has 2 unspecified atom stereocenters. The van der Waals surface area contributed by atoms with Gasteiger partial charge in [0.1, 0.15) is 0 Å². The second-order valence-electron chi connectivity index (χ2n) is 5.83. The van der Waals surface area contributed by atoms with Gasteiger partial charge in [-0.1, -0.05) is 13.0 Å². The fraction of sp³-hybridized carbons (Fsp3) is 0.438. The molecule has 1 aliphatic heterocycles. The molecule has 0 saturated carbocycles. The summed E-state index contributed by atoms with van der Waals surface area (Å²) < 4.78 is 0. The van der Waals surface area contributed by atoms with Gasteiger partial charge in [0.2, 0.25) is 0 Å². The van der Waals surface area contributed by atoms with Crippen molar-refractivity contribution in [3.8, 4) is 0 Å². The Labute approximate surface area is 114 Å². The van der Waals surface area contributed by atoms with Gasteiger partial charge < -0.3 is 5.73 Å². The zero-order valence-corrected chi connectivity index (χ0v) is 11.6. The van der Waals surface area contributed by atoms with Crippen LogP contribution in [0.1, 0.15) is 25.8 Å². The number of nitrogen functional groups attached to an aromatic ring is 1. The summed E-state index contributed by atoms with van der Waals surface area (Å²) in [7, 11) is 0. The Kier molecular flexibility index (Phi) is 3.15. The van der Waals surface area contributed by atoms with Crippen LogP contribution in [0.15, 0.2) is 30.5 Å². The number of nitrogens with two attached hydrogens (primary N) is 1. The number of benzene rings is 1. The molecule has 2 N–H and O–H groups in total. The molecule has 1 aromatic carbocycles. The summed E-state index contributed by atoms with van der Waals surface area (Å²) in [5.41, 5.74) is 9.18. The molecular weight excluding hydrogens is 234 g/mol. The van der Waals surface area contributed by atoms with E-state index in [4.69, 9.17) is 5.73 Å². The summed E-state index contributed by atoms with van der Waals surface area (Å²) in [5.74, 6) is 0.794. The molecule has 2 atom stereocenters. The summed E-state index contributed by atoms with van der Waals surface area (Å²) in [5, 5.41) is 1.07. The highest BCUT2D eigenvalue weighted by Crippen LogP contribution is 2.28. The molecule has 1 saturated heterocycles. The van der Waals surface area contributed by atoms with E-state index in [-0.39, 0.29) is 0 Å². The van der Waals surface area contributed by atoms with Crippen LogP contribution < -0.4 is 5.73 Å². The molecule has 0 aliphatic carbocycles. The molecule has 0 amide bonds. The van der Waals surface area contributed by atoms with Crippen molar-refractivity contribution < 1.29 is 0 Å². The van der Waals surface area contributed by atoms with Crippen molar-refractivity contribution in [3.05, 3.63) is 36.0 Å². The standard InChI is InChI=1S/C16H21N3/c1-11-8-12(2)19(9-11)10-13-5-6-15(17)14-4-3-7-18-16(13)14/h3-7,11-12H,8-10,17H2,1-2H3. The predicted molar refractivity (Wildman–Crippen MR) is 79.8 cm³/mol. The minimum Gasteiger partial charge on any atom is -0.398 e. The molecule has 2 aromatic rings. The van der Waals surface area contributed by atoms with Gasteiger partial charge in [-0.25, -0.2) is 0 Å². The van der Waals surface area contributed by atoms with Gasteiger partial charge in [-0.2, -0.15) is 0 Å². The highest BCUT2D eigenvalue weighted by Gasteiger charge is 2.26. The van der Waals surface area contributed by atoms with E-state index >= 15 is 0 Å². The number of hydrogen-bond donors (Lipinski definition) is 1. The molecule has 0 spiro atoms. The maximum atomic E-state index is 6.03. The van der Waals surface area contributed by atoms with Crippen LogP contribution in [0.5, 0.6) is 0 Å². The average molecular weight is 255 g/mol. The average Bonchev–Trinajstić information content (AvgIpc) is 2.72. The van der Waals surface area contributed by atoms with Crippen molar-refractivity contribution in [3.63, 3.8) is 0 Å².